The molecule has 0 radical (unpaired) electrons. The summed E-state index contributed by atoms with van der Waals surface area (Å²) in [6, 6.07) is 7.38. The van der Waals surface area contributed by atoms with Crippen LogP contribution < -0.4 is 5.32 Å². The van der Waals surface area contributed by atoms with E-state index in [1.807, 2.05) is 12.1 Å². The van der Waals surface area contributed by atoms with Gasteiger partial charge in [-0.2, -0.15) is 0 Å². The third-order valence-electron chi connectivity index (χ3n) is 4.66. The summed E-state index contributed by atoms with van der Waals surface area (Å²) in [6.07, 6.45) is 2.58. The van der Waals surface area contributed by atoms with Gasteiger partial charge in [0.25, 0.3) is 0 Å². The van der Waals surface area contributed by atoms with Gasteiger partial charge in [0.05, 0.1) is 0 Å². The lowest BCUT2D eigenvalue weighted by atomic mass is 9.81. The maximum atomic E-state index is 13.0. The van der Waals surface area contributed by atoms with Crippen molar-refractivity contribution in [2.24, 2.45) is 17.3 Å². The lowest BCUT2D eigenvalue weighted by Crippen LogP contribution is -2.36. The summed E-state index contributed by atoms with van der Waals surface area (Å²) in [6.45, 7) is 10.2. The van der Waals surface area contributed by atoms with Gasteiger partial charge in [0, 0.05) is 12.6 Å². The standard InChI is InChI=1S/C17H26FN/c1-12(2)17(3,4)11-19-16(13-5-6-13)14-7-9-15(18)10-8-14/h7-10,12-13,16,19H,5-6,11H2,1-4H3. The van der Waals surface area contributed by atoms with E-state index in [0.717, 1.165) is 12.5 Å². The second-order valence-corrected chi connectivity index (χ2v) is 6.89. The average Bonchev–Trinajstić information content (AvgIpc) is 3.16. The van der Waals surface area contributed by atoms with E-state index in [-0.39, 0.29) is 11.2 Å². The molecule has 0 spiro atoms. The molecule has 0 bridgehead atoms. The smallest absolute Gasteiger partial charge is 0.123 e. The Bertz CT molecular complexity index is 404. The Hall–Kier alpha value is -0.890. The number of rotatable bonds is 6. The third-order valence-corrected chi connectivity index (χ3v) is 4.66. The highest BCUT2D eigenvalue weighted by molar-refractivity contribution is 5.22. The monoisotopic (exact) mass is 263 g/mol. The highest BCUT2D eigenvalue weighted by atomic mass is 19.1. The summed E-state index contributed by atoms with van der Waals surface area (Å²) >= 11 is 0. The summed E-state index contributed by atoms with van der Waals surface area (Å²) in [5, 5.41) is 3.72. The molecule has 1 saturated carbocycles. The van der Waals surface area contributed by atoms with Gasteiger partial charge in [-0.1, -0.05) is 39.8 Å². The van der Waals surface area contributed by atoms with Gasteiger partial charge < -0.3 is 5.32 Å². The maximum absolute atomic E-state index is 13.0. The van der Waals surface area contributed by atoms with Gasteiger partial charge in [-0.15, -0.1) is 0 Å². The molecule has 1 aliphatic rings. The summed E-state index contributed by atoms with van der Waals surface area (Å²) in [7, 11) is 0. The summed E-state index contributed by atoms with van der Waals surface area (Å²) < 4.78 is 13.0. The van der Waals surface area contributed by atoms with Crippen LogP contribution in [0.5, 0.6) is 0 Å². The molecule has 1 aliphatic carbocycles. The molecule has 0 aromatic heterocycles. The Morgan fingerprint density at radius 3 is 2.26 bits per heavy atom. The van der Waals surface area contributed by atoms with Crippen molar-refractivity contribution in [2.45, 2.75) is 46.6 Å². The predicted octanol–water partition coefficient (Wildman–Crippen LogP) is 4.55. The van der Waals surface area contributed by atoms with E-state index < -0.39 is 0 Å². The van der Waals surface area contributed by atoms with Crippen LogP contribution in [0.25, 0.3) is 0 Å². The van der Waals surface area contributed by atoms with E-state index in [1.54, 1.807) is 12.1 Å². The van der Waals surface area contributed by atoms with Crippen LogP contribution in [0.2, 0.25) is 0 Å². The minimum atomic E-state index is -0.152. The van der Waals surface area contributed by atoms with Gasteiger partial charge in [-0.3, -0.25) is 0 Å². The number of benzene rings is 1. The summed E-state index contributed by atoms with van der Waals surface area (Å²) in [4.78, 5) is 0. The van der Waals surface area contributed by atoms with Crippen molar-refractivity contribution in [3.63, 3.8) is 0 Å². The van der Waals surface area contributed by atoms with Crippen molar-refractivity contribution in [2.75, 3.05) is 6.54 Å². The highest BCUT2D eigenvalue weighted by Crippen LogP contribution is 2.41. The fourth-order valence-electron chi connectivity index (χ4n) is 2.23. The molecule has 1 unspecified atom stereocenters. The molecule has 19 heavy (non-hydrogen) atoms. The molecule has 0 amide bonds. The van der Waals surface area contributed by atoms with Crippen molar-refractivity contribution in [1.29, 1.82) is 0 Å². The molecule has 1 aromatic carbocycles. The second kappa shape index (κ2) is 5.62. The van der Waals surface area contributed by atoms with Gasteiger partial charge in [0.1, 0.15) is 5.82 Å². The van der Waals surface area contributed by atoms with Gasteiger partial charge in [-0.05, 0) is 47.8 Å². The van der Waals surface area contributed by atoms with Crippen LogP contribution >= 0.6 is 0 Å². The van der Waals surface area contributed by atoms with Gasteiger partial charge in [-0.25, -0.2) is 4.39 Å². The topological polar surface area (TPSA) is 12.0 Å². The van der Waals surface area contributed by atoms with E-state index in [0.29, 0.717) is 12.0 Å². The van der Waals surface area contributed by atoms with E-state index >= 15 is 0 Å². The van der Waals surface area contributed by atoms with Crippen LogP contribution in [0, 0.1) is 23.1 Å². The Morgan fingerprint density at radius 2 is 1.79 bits per heavy atom. The summed E-state index contributed by atoms with van der Waals surface area (Å²) in [5.74, 6) is 1.22. The molecule has 0 heterocycles. The van der Waals surface area contributed by atoms with E-state index in [4.69, 9.17) is 0 Å². The predicted molar refractivity (Wildman–Crippen MR) is 78.5 cm³/mol. The Labute approximate surface area is 116 Å². The second-order valence-electron chi connectivity index (χ2n) is 6.89. The van der Waals surface area contributed by atoms with Gasteiger partial charge in [0.15, 0.2) is 0 Å². The number of hydrogen-bond acceptors (Lipinski definition) is 1. The van der Waals surface area contributed by atoms with Crippen LogP contribution in [0.3, 0.4) is 0 Å². The Kier molecular flexibility index (Phi) is 4.29. The minimum Gasteiger partial charge on any atom is -0.309 e. The van der Waals surface area contributed by atoms with Crippen LogP contribution in [0.1, 0.15) is 52.1 Å². The quantitative estimate of drug-likeness (QED) is 0.794. The molecular formula is C17H26FN. The first-order chi connectivity index (χ1) is 8.90. The highest BCUT2D eigenvalue weighted by Gasteiger charge is 2.33. The first kappa shape index (κ1) is 14.5. The molecule has 1 fully saturated rings. The van der Waals surface area contributed by atoms with Crippen molar-refractivity contribution >= 4 is 0 Å². The van der Waals surface area contributed by atoms with Gasteiger partial charge >= 0.3 is 0 Å². The Morgan fingerprint density at radius 1 is 1.21 bits per heavy atom. The van der Waals surface area contributed by atoms with Crippen molar-refractivity contribution in [3.05, 3.63) is 35.6 Å². The fourth-order valence-corrected chi connectivity index (χ4v) is 2.23. The van der Waals surface area contributed by atoms with E-state index in [1.165, 1.54) is 18.4 Å². The van der Waals surface area contributed by atoms with E-state index in [2.05, 4.69) is 33.0 Å². The average molecular weight is 263 g/mol. The zero-order valence-electron chi connectivity index (χ0n) is 12.5. The zero-order chi connectivity index (χ0) is 14.0. The van der Waals surface area contributed by atoms with Crippen molar-refractivity contribution in [3.8, 4) is 0 Å². The molecule has 1 atom stereocenters. The largest absolute Gasteiger partial charge is 0.309 e. The minimum absolute atomic E-state index is 0.152. The molecule has 1 aromatic rings. The molecule has 1 nitrogen and oxygen atoms in total. The molecule has 2 rings (SSSR count). The first-order valence-electron chi connectivity index (χ1n) is 7.39. The molecule has 2 heteroatoms. The lowest BCUT2D eigenvalue weighted by Gasteiger charge is -2.32. The number of halogens is 1. The van der Waals surface area contributed by atoms with Crippen LogP contribution in [-0.4, -0.2) is 6.54 Å². The van der Waals surface area contributed by atoms with Crippen molar-refractivity contribution in [1.82, 2.24) is 5.32 Å². The fraction of sp³-hybridized carbons (Fsp3) is 0.647. The zero-order valence-corrected chi connectivity index (χ0v) is 12.5. The van der Waals surface area contributed by atoms with Crippen LogP contribution in [-0.2, 0) is 0 Å². The number of nitrogens with one attached hydrogen (secondary N) is 1. The number of hydrogen-bond donors (Lipinski definition) is 1. The van der Waals surface area contributed by atoms with Crippen LogP contribution in [0.4, 0.5) is 4.39 Å². The van der Waals surface area contributed by atoms with Gasteiger partial charge in [0.2, 0.25) is 0 Å². The Balaban J connectivity index is 2.03. The molecule has 0 saturated heterocycles. The van der Waals surface area contributed by atoms with Crippen molar-refractivity contribution < 1.29 is 4.39 Å². The first-order valence-corrected chi connectivity index (χ1v) is 7.39. The maximum Gasteiger partial charge on any atom is 0.123 e. The molecular weight excluding hydrogens is 237 g/mol. The molecule has 0 aliphatic heterocycles. The van der Waals surface area contributed by atoms with Crippen LogP contribution in [0.15, 0.2) is 24.3 Å². The normalized spacial score (nSPS) is 17.8. The lowest BCUT2D eigenvalue weighted by molar-refractivity contribution is 0.224. The molecule has 1 N–H and O–H groups in total. The SMILES string of the molecule is CC(C)C(C)(C)CNC(c1ccc(F)cc1)C1CC1. The summed E-state index contributed by atoms with van der Waals surface area (Å²) in [5.41, 5.74) is 1.51. The third kappa shape index (κ3) is 3.79. The molecule has 106 valence electrons. The van der Waals surface area contributed by atoms with E-state index in [9.17, 15) is 4.39 Å².